The second-order valence-corrected chi connectivity index (χ2v) is 5.37. The van der Waals surface area contributed by atoms with E-state index in [2.05, 4.69) is 0 Å². The first-order chi connectivity index (χ1) is 11.0. The highest BCUT2D eigenvalue weighted by Crippen LogP contribution is 2.20. The maximum atomic E-state index is 12.9. The van der Waals surface area contributed by atoms with Crippen LogP contribution in [-0.4, -0.2) is 36.6 Å². The van der Waals surface area contributed by atoms with E-state index >= 15 is 0 Å². The summed E-state index contributed by atoms with van der Waals surface area (Å²) in [5, 5.41) is 10.3. The number of aliphatic hydroxyl groups excluding tert-OH is 1. The maximum Gasteiger partial charge on any atom is 0.226 e. The molecule has 0 saturated heterocycles. The fourth-order valence-corrected chi connectivity index (χ4v) is 2.23. The molecule has 2 aromatic carbocycles. The lowest BCUT2D eigenvalue weighted by Gasteiger charge is -2.21. The molecular weight excluding hydrogens is 297 g/mol. The maximum absolute atomic E-state index is 12.9. The molecule has 0 spiro atoms. The molecule has 0 aliphatic rings. The molecular formula is C18H20FNO3. The van der Waals surface area contributed by atoms with Gasteiger partial charge in [-0.25, -0.2) is 4.39 Å². The minimum Gasteiger partial charge on any atom is -0.497 e. The molecule has 0 bridgehead atoms. The summed E-state index contributed by atoms with van der Waals surface area (Å²) in [5.41, 5.74) is 1.42. The van der Waals surface area contributed by atoms with Crippen molar-refractivity contribution in [3.63, 3.8) is 0 Å². The van der Waals surface area contributed by atoms with E-state index in [4.69, 9.17) is 4.74 Å². The van der Waals surface area contributed by atoms with Gasteiger partial charge in [0, 0.05) is 7.05 Å². The van der Waals surface area contributed by atoms with Crippen LogP contribution in [0, 0.1) is 5.82 Å². The summed E-state index contributed by atoms with van der Waals surface area (Å²) in [4.78, 5) is 13.6. The first-order valence-corrected chi connectivity index (χ1v) is 7.30. The quantitative estimate of drug-likeness (QED) is 0.891. The molecule has 1 amide bonds. The fourth-order valence-electron chi connectivity index (χ4n) is 2.23. The zero-order valence-corrected chi connectivity index (χ0v) is 13.2. The lowest BCUT2D eigenvalue weighted by Crippen LogP contribution is -2.32. The molecule has 0 aliphatic carbocycles. The molecule has 1 atom stereocenters. The molecule has 23 heavy (non-hydrogen) atoms. The predicted octanol–water partition coefficient (Wildman–Crippen LogP) is 2.57. The van der Waals surface area contributed by atoms with E-state index in [0.29, 0.717) is 11.3 Å². The average molecular weight is 317 g/mol. The monoisotopic (exact) mass is 317 g/mol. The number of likely N-dealkylation sites (N-methyl/N-ethyl adjacent to an activating group) is 1. The molecule has 1 unspecified atom stereocenters. The number of hydrogen-bond acceptors (Lipinski definition) is 3. The number of halogens is 1. The highest BCUT2D eigenvalue weighted by atomic mass is 19.1. The third-order valence-electron chi connectivity index (χ3n) is 3.62. The van der Waals surface area contributed by atoms with E-state index < -0.39 is 6.10 Å². The first-order valence-electron chi connectivity index (χ1n) is 7.30. The van der Waals surface area contributed by atoms with Gasteiger partial charge in [-0.05, 0) is 35.4 Å². The highest BCUT2D eigenvalue weighted by molar-refractivity contribution is 5.78. The van der Waals surface area contributed by atoms with Crippen LogP contribution < -0.4 is 4.74 Å². The highest BCUT2D eigenvalue weighted by Gasteiger charge is 2.16. The molecule has 0 heterocycles. The van der Waals surface area contributed by atoms with E-state index in [1.807, 2.05) is 0 Å². The standard InChI is InChI=1S/C18H20FNO3/c1-20(18(22)10-13-6-8-15(19)9-7-13)12-17(21)14-4-3-5-16(11-14)23-2/h3-9,11,17,21H,10,12H2,1-2H3. The number of amides is 1. The van der Waals surface area contributed by atoms with Crippen LogP contribution in [0.5, 0.6) is 5.75 Å². The molecule has 0 aliphatic heterocycles. The topological polar surface area (TPSA) is 49.8 Å². The van der Waals surface area contributed by atoms with Gasteiger partial charge in [0.1, 0.15) is 11.6 Å². The number of nitrogens with zero attached hydrogens (tertiary/aromatic N) is 1. The van der Waals surface area contributed by atoms with E-state index in [1.54, 1.807) is 50.6 Å². The van der Waals surface area contributed by atoms with Crippen LogP contribution in [0.4, 0.5) is 4.39 Å². The molecule has 5 heteroatoms. The molecule has 122 valence electrons. The van der Waals surface area contributed by atoms with Gasteiger partial charge in [0.2, 0.25) is 5.91 Å². The molecule has 0 fully saturated rings. The number of hydrogen-bond donors (Lipinski definition) is 1. The Morgan fingerprint density at radius 3 is 2.61 bits per heavy atom. The van der Waals surface area contributed by atoms with Gasteiger partial charge in [-0.15, -0.1) is 0 Å². The lowest BCUT2D eigenvalue weighted by molar-refractivity contribution is -0.130. The Bertz CT molecular complexity index is 658. The average Bonchev–Trinajstić information content (AvgIpc) is 2.56. The van der Waals surface area contributed by atoms with Crippen LogP contribution in [-0.2, 0) is 11.2 Å². The molecule has 2 aromatic rings. The number of ether oxygens (including phenoxy) is 1. The molecule has 2 rings (SSSR count). The van der Waals surface area contributed by atoms with Gasteiger partial charge in [0.05, 0.1) is 26.2 Å². The van der Waals surface area contributed by atoms with Crippen molar-refractivity contribution < 1.29 is 19.0 Å². The summed E-state index contributed by atoms with van der Waals surface area (Å²) in [7, 11) is 3.19. The summed E-state index contributed by atoms with van der Waals surface area (Å²) < 4.78 is 18.0. The van der Waals surface area contributed by atoms with Crippen LogP contribution in [0.15, 0.2) is 48.5 Å². The van der Waals surface area contributed by atoms with E-state index in [0.717, 1.165) is 5.56 Å². The minimum atomic E-state index is -0.799. The van der Waals surface area contributed by atoms with Crippen molar-refractivity contribution in [3.05, 3.63) is 65.5 Å². The summed E-state index contributed by atoms with van der Waals surface area (Å²) in [6.45, 7) is 0.174. The Morgan fingerprint density at radius 1 is 1.26 bits per heavy atom. The van der Waals surface area contributed by atoms with Crippen LogP contribution in [0.2, 0.25) is 0 Å². The Hall–Kier alpha value is -2.40. The fraction of sp³-hybridized carbons (Fsp3) is 0.278. The second kappa shape index (κ2) is 7.74. The van der Waals surface area contributed by atoms with Crippen molar-refractivity contribution in [1.82, 2.24) is 4.90 Å². The van der Waals surface area contributed by atoms with Gasteiger partial charge in [0.25, 0.3) is 0 Å². The predicted molar refractivity (Wildman–Crippen MR) is 85.7 cm³/mol. The molecule has 0 saturated carbocycles. The van der Waals surface area contributed by atoms with E-state index in [1.165, 1.54) is 17.0 Å². The zero-order valence-electron chi connectivity index (χ0n) is 13.2. The van der Waals surface area contributed by atoms with Crippen LogP contribution in [0.3, 0.4) is 0 Å². The van der Waals surface area contributed by atoms with Crippen molar-refractivity contribution in [2.75, 3.05) is 20.7 Å². The van der Waals surface area contributed by atoms with Gasteiger partial charge < -0.3 is 14.7 Å². The number of benzene rings is 2. The van der Waals surface area contributed by atoms with Crippen molar-refractivity contribution in [3.8, 4) is 5.75 Å². The minimum absolute atomic E-state index is 0.140. The summed E-state index contributed by atoms with van der Waals surface area (Å²) in [6.07, 6.45) is -0.631. The Balaban J connectivity index is 1.95. The van der Waals surface area contributed by atoms with Gasteiger partial charge in [-0.3, -0.25) is 4.79 Å². The van der Waals surface area contributed by atoms with Gasteiger partial charge in [-0.2, -0.15) is 0 Å². The Kier molecular flexibility index (Phi) is 5.71. The number of rotatable bonds is 6. The molecule has 0 radical (unpaired) electrons. The van der Waals surface area contributed by atoms with Gasteiger partial charge in [0.15, 0.2) is 0 Å². The third-order valence-corrected chi connectivity index (χ3v) is 3.62. The molecule has 4 nitrogen and oxygen atoms in total. The SMILES string of the molecule is COc1cccc(C(O)CN(C)C(=O)Cc2ccc(F)cc2)c1. The van der Waals surface area contributed by atoms with E-state index in [-0.39, 0.29) is 24.7 Å². The smallest absolute Gasteiger partial charge is 0.226 e. The van der Waals surface area contributed by atoms with Gasteiger partial charge in [-0.1, -0.05) is 24.3 Å². The largest absolute Gasteiger partial charge is 0.497 e. The van der Waals surface area contributed by atoms with Crippen LogP contribution in [0.1, 0.15) is 17.2 Å². The number of carbonyl (C=O) groups excluding carboxylic acids is 1. The normalized spacial score (nSPS) is 11.8. The Labute approximate surface area is 135 Å². The summed E-state index contributed by atoms with van der Waals surface area (Å²) in [6, 6.07) is 12.9. The Morgan fingerprint density at radius 2 is 1.96 bits per heavy atom. The van der Waals surface area contributed by atoms with Crippen molar-refractivity contribution in [2.45, 2.75) is 12.5 Å². The van der Waals surface area contributed by atoms with E-state index in [9.17, 15) is 14.3 Å². The number of carbonyl (C=O) groups is 1. The third kappa shape index (κ3) is 4.79. The second-order valence-electron chi connectivity index (χ2n) is 5.37. The molecule has 1 N–H and O–H groups in total. The lowest BCUT2D eigenvalue weighted by atomic mass is 10.1. The first kappa shape index (κ1) is 17.0. The van der Waals surface area contributed by atoms with Crippen LogP contribution in [0.25, 0.3) is 0 Å². The molecule has 0 aromatic heterocycles. The number of aliphatic hydroxyl groups is 1. The van der Waals surface area contributed by atoms with Crippen LogP contribution >= 0.6 is 0 Å². The van der Waals surface area contributed by atoms with Crippen molar-refractivity contribution >= 4 is 5.91 Å². The summed E-state index contributed by atoms with van der Waals surface area (Å²) >= 11 is 0. The van der Waals surface area contributed by atoms with Gasteiger partial charge >= 0.3 is 0 Å². The van der Waals surface area contributed by atoms with Crippen molar-refractivity contribution in [1.29, 1.82) is 0 Å². The summed E-state index contributed by atoms with van der Waals surface area (Å²) in [5.74, 6) is 0.184. The van der Waals surface area contributed by atoms with Crippen molar-refractivity contribution in [2.24, 2.45) is 0 Å². The zero-order chi connectivity index (χ0) is 16.8. The number of methoxy groups -OCH3 is 1.